The summed E-state index contributed by atoms with van der Waals surface area (Å²) < 4.78 is 5.27. The fourth-order valence-corrected chi connectivity index (χ4v) is 1.92. The van der Waals surface area contributed by atoms with Crippen LogP contribution < -0.4 is 15.8 Å². The van der Waals surface area contributed by atoms with Crippen LogP contribution in [-0.4, -0.2) is 23.4 Å². The summed E-state index contributed by atoms with van der Waals surface area (Å²) in [6.07, 6.45) is 1.59. The summed E-state index contributed by atoms with van der Waals surface area (Å²) in [5, 5.41) is 4.81. The van der Waals surface area contributed by atoms with Gasteiger partial charge in [-0.15, -0.1) is 11.3 Å². The number of amides is 2. The van der Waals surface area contributed by atoms with Crippen molar-refractivity contribution in [2.45, 2.75) is 0 Å². The molecule has 1 aromatic heterocycles. The maximum Gasteiger partial charge on any atom is 0.264 e. The number of ether oxygens (including phenoxy) is 1. The minimum absolute atomic E-state index is 0.218. The van der Waals surface area contributed by atoms with Crippen LogP contribution >= 0.6 is 11.3 Å². The Morgan fingerprint density at radius 2 is 2.16 bits per heavy atom. The maximum atomic E-state index is 11.6. The zero-order chi connectivity index (χ0) is 13.7. The average molecular weight is 277 g/mol. The standard InChI is InChI=1S/C12H11N3O3S/c13-11(17)8-3-1-2-4-9(8)18-7-10(16)15-12-14-5-6-19-12/h1-6H,7H2,(H2,13,17)(H,14,15,16). The molecule has 0 spiro atoms. The second-order valence-electron chi connectivity index (χ2n) is 3.53. The molecule has 0 bridgehead atoms. The van der Waals surface area contributed by atoms with Crippen LogP contribution in [0.5, 0.6) is 5.75 Å². The Balaban J connectivity index is 1.95. The molecule has 0 fully saturated rings. The number of benzene rings is 1. The van der Waals surface area contributed by atoms with Crippen LogP contribution in [0.4, 0.5) is 5.13 Å². The Hall–Kier alpha value is -2.41. The predicted molar refractivity (Wildman–Crippen MR) is 71.2 cm³/mol. The van der Waals surface area contributed by atoms with E-state index >= 15 is 0 Å². The van der Waals surface area contributed by atoms with Crippen molar-refractivity contribution >= 4 is 28.3 Å². The lowest BCUT2D eigenvalue weighted by Gasteiger charge is -2.08. The molecule has 2 aromatic rings. The molecule has 0 aliphatic carbocycles. The molecular formula is C12H11N3O3S. The summed E-state index contributed by atoms with van der Waals surface area (Å²) in [6, 6.07) is 6.48. The second kappa shape index (κ2) is 5.96. The summed E-state index contributed by atoms with van der Waals surface area (Å²) in [5.74, 6) is -0.672. The van der Waals surface area contributed by atoms with Crippen molar-refractivity contribution in [3.63, 3.8) is 0 Å². The normalized spacial score (nSPS) is 9.89. The van der Waals surface area contributed by atoms with Gasteiger partial charge in [-0.1, -0.05) is 12.1 Å². The molecule has 0 radical (unpaired) electrons. The molecule has 0 atom stereocenters. The van der Waals surface area contributed by atoms with Gasteiger partial charge in [0, 0.05) is 11.6 Å². The molecule has 6 nitrogen and oxygen atoms in total. The minimum Gasteiger partial charge on any atom is -0.483 e. The summed E-state index contributed by atoms with van der Waals surface area (Å²) in [5.41, 5.74) is 5.44. The lowest BCUT2D eigenvalue weighted by molar-refractivity contribution is -0.118. The van der Waals surface area contributed by atoms with Gasteiger partial charge in [-0.2, -0.15) is 0 Å². The number of hydrogen-bond acceptors (Lipinski definition) is 5. The molecule has 19 heavy (non-hydrogen) atoms. The molecule has 1 heterocycles. The molecule has 2 amide bonds. The molecule has 0 aliphatic heterocycles. The Kier molecular flexibility index (Phi) is 4.09. The first kappa shape index (κ1) is 13.0. The molecule has 2 rings (SSSR count). The number of carbonyl (C=O) groups excluding carboxylic acids is 2. The van der Waals surface area contributed by atoms with Gasteiger partial charge in [0.25, 0.3) is 11.8 Å². The number of rotatable bonds is 5. The van der Waals surface area contributed by atoms with E-state index in [0.717, 1.165) is 0 Å². The zero-order valence-electron chi connectivity index (χ0n) is 9.83. The Bertz CT molecular complexity index is 584. The van der Waals surface area contributed by atoms with Gasteiger partial charge >= 0.3 is 0 Å². The lowest BCUT2D eigenvalue weighted by atomic mass is 10.2. The van der Waals surface area contributed by atoms with Crippen molar-refractivity contribution < 1.29 is 14.3 Å². The highest BCUT2D eigenvalue weighted by atomic mass is 32.1. The van der Waals surface area contributed by atoms with Gasteiger partial charge in [-0.3, -0.25) is 14.9 Å². The zero-order valence-corrected chi connectivity index (χ0v) is 10.6. The summed E-state index contributed by atoms with van der Waals surface area (Å²) in [4.78, 5) is 26.6. The number of nitrogens with two attached hydrogens (primary N) is 1. The summed E-state index contributed by atoms with van der Waals surface area (Å²) in [7, 11) is 0. The SMILES string of the molecule is NC(=O)c1ccccc1OCC(=O)Nc1nccs1. The van der Waals surface area contributed by atoms with E-state index in [-0.39, 0.29) is 23.8 Å². The molecular weight excluding hydrogens is 266 g/mol. The van der Waals surface area contributed by atoms with Gasteiger partial charge in [-0.25, -0.2) is 4.98 Å². The monoisotopic (exact) mass is 277 g/mol. The number of carbonyl (C=O) groups is 2. The number of anilines is 1. The average Bonchev–Trinajstić information content (AvgIpc) is 2.89. The lowest BCUT2D eigenvalue weighted by Crippen LogP contribution is -2.21. The second-order valence-corrected chi connectivity index (χ2v) is 4.43. The van der Waals surface area contributed by atoms with Gasteiger partial charge in [0.2, 0.25) is 0 Å². The largest absolute Gasteiger partial charge is 0.483 e. The molecule has 0 saturated heterocycles. The summed E-state index contributed by atoms with van der Waals surface area (Å²) >= 11 is 1.31. The quantitative estimate of drug-likeness (QED) is 0.860. The van der Waals surface area contributed by atoms with E-state index in [1.54, 1.807) is 29.8 Å². The van der Waals surface area contributed by atoms with Crippen LogP contribution in [0.25, 0.3) is 0 Å². The van der Waals surface area contributed by atoms with E-state index in [1.807, 2.05) is 0 Å². The van der Waals surface area contributed by atoms with E-state index in [9.17, 15) is 9.59 Å². The van der Waals surface area contributed by atoms with Crippen molar-refractivity contribution in [1.29, 1.82) is 0 Å². The van der Waals surface area contributed by atoms with Crippen molar-refractivity contribution in [2.24, 2.45) is 5.73 Å². The van der Waals surface area contributed by atoms with E-state index < -0.39 is 5.91 Å². The number of primary amides is 1. The molecule has 1 aromatic carbocycles. The van der Waals surface area contributed by atoms with Gasteiger partial charge in [-0.05, 0) is 12.1 Å². The maximum absolute atomic E-state index is 11.6. The van der Waals surface area contributed by atoms with E-state index in [2.05, 4.69) is 10.3 Å². The fraction of sp³-hybridized carbons (Fsp3) is 0.0833. The third kappa shape index (κ3) is 3.52. The first-order valence-corrected chi connectivity index (χ1v) is 6.26. The number of nitrogens with one attached hydrogen (secondary N) is 1. The Morgan fingerprint density at radius 1 is 1.37 bits per heavy atom. The topological polar surface area (TPSA) is 94.3 Å². The molecule has 3 N–H and O–H groups in total. The number of para-hydroxylation sites is 1. The van der Waals surface area contributed by atoms with Gasteiger partial charge < -0.3 is 10.5 Å². The Morgan fingerprint density at radius 3 is 2.84 bits per heavy atom. The van der Waals surface area contributed by atoms with Crippen LogP contribution in [0.1, 0.15) is 10.4 Å². The van der Waals surface area contributed by atoms with Gasteiger partial charge in [0.15, 0.2) is 11.7 Å². The molecule has 0 aliphatic rings. The number of thiazole rings is 1. The Labute approximate surface area is 113 Å². The van der Waals surface area contributed by atoms with Crippen LogP contribution in [0.2, 0.25) is 0 Å². The third-order valence-electron chi connectivity index (χ3n) is 2.19. The van der Waals surface area contributed by atoms with E-state index in [4.69, 9.17) is 10.5 Å². The van der Waals surface area contributed by atoms with Gasteiger partial charge in [0.1, 0.15) is 5.75 Å². The number of nitrogens with zero attached hydrogens (tertiary/aromatic N) is 1. The number of hydrogen-bond donors (Lipinski definition) is 2. The summed E-state index contributed by atoms with van der Waals surface area (Å²) in [6.45, 7) is -0.218. The van der Waals surface area contributed by atoms with Crippen molar-refractivity contribution in [3.8, 4) is 5.75 Å². The number of aromatic nitrogens is 1. The molecule has 0 unspecified atom stereocenters. The third-order valence-corrected chi connectivity index (χ3v) is 2.88. The van der Waals surface area contributed by atoms with Crippen molar-refractivity contribution in [3.05, 3.63) is 41.4 Å². The van der Waals surface area contributed by atoms with Crippen molar-refractivity contribution in [1.82, 2.24) is 4.98 Å². The molecule has 0 saturated carbocycles. The smallest absolute Gasteiger partial charge is 0.264 e. The first-order chi connectivity index (χ1) is 9.16. The molecule has 7 heteroatoms. The van der Waals surface area contributed by atoms with E-state index in [0.29, 0.717) is 5.13 Å². The molecule has 98 valence electrons. The highest BCUT2D eigenvalue weighted by Gasteiger charge is 2.10. The minimum atomic E-state index is -0.601. The van der Waals surface area contributed by atoms with Crippen molar-refractivity contribution in [2.75, 3.05) is 11.9 Å². The highest BCUT2D eigenvalue weighted by molar-refractivity contribution is 7.13. The predicted octanol–water partition coefficient (Wildman–Crippen LogP) is 1.26. The van der Waals surface area contributed by atoms with Crippen LogP contribution in [0, 0.1) is 0 Å². The van der Waals surface area contributed by atoms with Crippen LogP contribution in [0.15, 0.2) is 35.8 Å². The van der Waals surface area contributed by atoms with E-state index in [1.165, 1.54) is 17.4 Å². The highest BCUT2D eigenvalue weighted by Crippen LogP contribution is 2.17. The van der Waals surface area contributed by atoms with Crippen LogP contribution in [-0.2, 0) is 4.79 Å². The fourth-order valence-electron chi connectivity index (χ4n) is 1.38. The van der Waals surface area contributed by atoms with Crippen LogP contribution in [0.3, 0.4) is 0 Å². The first-order valence-electron chi connectivity index (χ1n) is 5.38. The van der Waals surface area contributed by atoms with Gasteiger partial charge in [0.05, 0.1) is 5.56 Å².